The Hall–Kier alpha value is -2.62. The second-order valence-electron chi connectivity index (χ2n) is 5.97. The summed E-state index contributed by atoms with van der Waals surface area (Å²) in [6.45, 7) is 4.61. The van der Waals surface area contributed by atoms with Crippen molar-refractivity contribution in [2.24, 2.45) is 0 Å². The third-order valence-corrected chi connectivity index (χ3v) is 3.79. The highest BCUT2D eigenvalue weighted by Crippen LogP contribution is 2.02. The van der Waals surface area contributed by atoms with Crippen molar-refractivity contribution < 1.29 is 19.1 Å². The Morgan fingerprint density at radius 1 is 0.667 bits per heavy atom. The molecule has 0 unspecified atom stereocenters. The third kappa shape index (κ3) is 11.6. The zero-order valence-corrected chi connectivity index (χ0v) is 16.4. The quantitative estimate of drug-likeness (QED) is 0.472. The summed E-state index contributed by atoms with van der Waals surface area (Å²) in [5.74, 6) is -0.242. The van der Waals surface area contributed by atoms with Gasteiger partial charge in [-0.1, -0.05) is 74.5 Å². The summed E-state index contributed by atoms with van der Waals surface area (Å²) in [5.41, 5.74) is 2.49. The maximum absolute atomic E-state index is 10.8. The zero-order valence-electron chi connectivity index (χ0n) is 16.4. The zero-order chi connectivity index (χ0) is 19.7. The maximum Gasteiger partial charge on any atom is 0.305 e. The highest BCUT2D eigenvalue weighted by molar-refractivity contribution is 5.69. The minimum atomic E-state index is -0.129. The number of carbonyl (C=O) groups excluding carboxylic acids is 2. The van der Waals surface area contributed by atoms with Gasteiger partial charge >= 0.3 is 11.9 Å². The summed E-state index contributed by atoms with van der Waals surface area (Å²) >= 11 is 0. The lowest BCUT2D eigenvalue weighted by Crippen LogP contribution is -2.05. The molecule has 4 heteroatoms. The maximum atomic E-state index is 10.8. The van der Waals surface area contributed by atoms with E-state index >= 15 is 0 Å². The number of hydrogen-bond acceptors (Lipinski definition) is 4. The lowest BCUT2D eigenvalue weighted by atomic mass is 10.1. The largest absolute Gasteiger partial charge is 0.466 e. The van der Waals surface area contributed by atoms with Gasteiger partial charge in [-0.3, -0.25) is 9.59 Å². The molecule has 0 spiro atoms. The van der Waals surface area contributed by atoms with Crippen LogP contribution in [0.4, 0.5) is 0 Å². The van der Waals surface area contributed by atoms with Gasteiger partial charge in [0.1, 0.15) is 0 Å². The molecule has 0 atom stereocenters. The van der Waals surface area contributed by atoms with Crippen LogP contribution in [-0.4, -0.2) is 25.2 Å². The molecule has 2 aromatic carbocycles. The van der Waals surface area contributed by atoms with E-state index in [2.05, 4.69) is 12.1 Å². The molecule has 0 saturated heterocycles. The molecule has 0 N–H and O–H groups in total. The van der Waals surface area contributed by atoms with Crippen LogP contribution >= 0.6 is 0 Å². The number of carbonyl (C=O) groups is 2. The van der Waals surface area contributed by atoms with E-state index in [0.717, 1.165) is 19.3 Å². The van der Waals surface area contributed by atoms with Gasteiger partial charge in [0.2, 0.25) is 0 Å². The molecule has 0 radical (unpaired) electrons. The molecule has 0 saturated carbocycles. The molecule has 0 aromatic heterocycles. The monoisotopic (exact) mass is 370 g/mol. The van der Waals surface area contributed by atoms with E-state index in [1.807, 2.05) is 48.5 Å². The summed E-state index contributed by atoms with van der Waals surface area (Å²) in [6, 6.07) is 20.2. The Kier molecular flexibility index (Phi) is 12.1. The van der Waals surface area contributed by atoms with Crippen molar-refractivity contribution in [3.8, 4) is 0 Å². The summed E-state index contributed by atoms with van der Waals surface area (Å²) in [6.07, 6.45) is 3.58. The van der Waals surface area contributed by atoms with Crippen molar-refractivity contribution >= 4 is 11.9 Å². The minimum Gasteiger partial charge on any atom is -0.466 e. The molecule has 0 aliphatic carbocycles. The number of rotatable bonds is 9. The van der Waals surface area contributed by atoms with E-state index < -0.39 is 0 Å². The topological polar surface area (TPSA) is 52.6 Å². The Labute approximate surface area is 162 Å². The predicted octanol–water partition coefficient (Wildman–Crippen LogP) is 4.75. The normalized spacial score (nSPS) is 9.70. The Bertz CT molecular complexity index is 638. The molecule has 0 bridgehead atoms. The standard InChI is InChI=1S/C12H16O2.C11H14O2/c1-2-12(13)14-10-6-9-11-7-4-3-5-8-11;1-2-11(12)13-9-8-10-6-4-3-5-7-10/h3-5,7-8H,2,6,9-10H2,1H3;3-7H,2,8-9H2,1H3. The van der Waals surface area contributed by atoms with Crippen LogP contribution < -0.4 is 0 Å². The first-order valence-electron chi connectivity index (χ1n) is 9.54. The van der Waals surface area contributed by atoms with Gasteiger partial charge in [-0.2, -0.15) is 0 Å². The smallest absolute Gasteiger partial charge is 0.305 e. The van der Waals surface area contributed by atoms with Crippen molar-refractivity contribution in [1.29, 1.82) is 0 Å². The summed E-state index contributed by atoms with van der Waals surface area (Å²) in [7, 11) is 0. The highest BCUT2D eigenvalue weighted by Gasteiger charge is 1.98. The van der Waals surface area contributed by atoms with Crippen LogP contribution in [0.5, 0.6) is 0 Å². The number of hydrogen-bond donors (Lipinski definition) is 0. The molecular formula is C23H30O4. The molecule has 0 aliphatic heterocycles. The van der Waals surface area contributed by atoms with Crippen molar-refractivity contribution in [3.63, 3.8) is 0 Å². The van der Waals surface area contributed by atoms with Gasteiger partial charge in [-0.15, -0.1) is 0 Å². The van der Waals surface area contributed by atoms with E-state index in [1.165, 1.54) is 11.1 Å². The van der Waals surface area contributed by atoms with Crippen molar-refractivity contribution in [3.05, 3.63) is 71.8 Å². The first kappa shape index (κ1) is 22.4. The van der Waals surface area contributed by atoms with Crippen molar-refractivity contribution in [2.45, 2.75) is 46.0 Å². The molecule has 0 aliphatic rings. The van der Waals surface area contributed by atoms with E-state index in [9.17, 15) is 9.59 Å². The number of aryl methyl sites for hydroxylation is 1. The molecule has 2 rings (SSSR count). The second kappa shape index (κ2) is 14.5. The third-order valence-electron chi connectivity index (χ3n) is 3.79. The van der Waals surface area contributed by atoms with Gasteiger partial charge in [-0.05, 0) is 24.0 Å². The van der Waals surface area contributed by atoms with Crippen molar-refractivity contribution in [2.75, 3.05) is 13.2 Å². The fourth-order valence-corrected chi connectivity index (χ4v) is 2.24. The number of esters is 2. The number of benzene rings is 2. The van der Waals surface area contributed by atoms with E-state index in [1.54, 1.807) is 13.8 Å². The van der Waals surface area contributed by atoms with Gasteiger partial charge < -0.3 is 9.47 Å². The number of ether oxygens (including phenoxy) is 2. The van der Waals surface area contributed by atoms with Crippen LogP contribution in [0, 0.1) is 0 Å². The predicted molar refractivity (Wildman–Crippen MR) is 107 cm³/mol. The molecule has 0 heterocycles. The highest BCUT2D eigenvalue weighted by atomic mass is 16.5. The van der Waals surface area contributed by atoms with E-state index in [0.29, 0.717) is 26.1 Å². The van der Waals surface area contributed by atoms with Gasteiger partial charge in [0.25, 0.3) is 0 Å². The van der Waals surface area contributed by atoms with Crippen LogP contribution in [0.1, 0.15) is 44.2 Å². The van der Waals surface area contributed by atoms with Gasteiger partial charge in [-0.25, -0.2) is 0 Å². The summed E-state index contributed by atoms with van der Waals surface area (Å²) < 4.78 is 9.93. The first-order valence-corrected chi connectivity index (χ1v) is 9.54. The average Bonchev–Trinajstić information content (AvgIpc) is 2.73. The van der Waals surface area contributed by atoms with Crippen LogP contribution in [-0.2, 0) is 31.9 Å². The fraction of sp³-hybridized carbons (Fsp3) is 0.391. The van der Waals surface area contributed by atoms with Gasteiger partial charge in [0, 0.05) is 19.3 Å². The van der Waals surface area contributed by atoms with Crippen LogP contribution in [0.2, 0.25) is 0 Å². The van der Waals surface area contributed by atoms with Crippen LogP contribution in [0.25, 0.3) is 0 Å². The Morgan fingerprint density at radius 2 is 1.11 bits per heavy atom. The molecule has 2 aromatic rings. The molecule has 146 valence electrons. The van der Waals surface area contributed by atoms with E-state index in [-0.39, 0.29) is 11.9 Å². The fourth-order valence-electron chi connectivity index (χ4n) is 2.24. The Balaban J connectivity index is 0.000000271. The van der Waals surface area contributed by atoms with E-state index in [4.69, 9.17) is 9.47 Å². The Morgan fingerprint density at radius 3 is 1.59 bits per heavy atom. The first-order chi connectivity index (χ1) is 13.2. The van der Waals surface area contributed by atoms with Crippen LogP contribution in [0.15, 0.2) is 60.7 Å². The van der Waals surface area contributed by atoms with Gasteiger partial charge in [0.15, 0.2) is 0 Å². The molecular weight excluding hydrogens is 340 g/mol. The SMILES string of the molecule is CCC(=O)OCCCc1ccccc1.CCC(=O)OCCc1ccccc1. The summed E-state index contributed by atoms with van der Waals surface area (Å²) in [4.78, 5) is 21.6. The second-order valence-corrected chi connectivity index (χ2v) is 5.97. The lowest BCUT2D eigenvalue weighted by molar-refractivity contribution is -0.144. The van der Waals surface area contributed by atoms with Gasteiger partial charge in [0.05, 0.1) is 13.2 Å². The van der Waals surface area contributed by atoms with Crippen molar-refractivity contribution in [1.82, 2.24) is 0 Å². The molecule has 4 nitrogen and oxygen atoms in total. The lowest BCUT2D eigenvalue weighted by Gasteiger charge is -2.02. The van der Waals surface area contributed by atoms with Crippen LogP contribution in [0.3, 0.4) is 0 Å². The average molecular weight is 370 g/mol. The minimum absolute atomic E-state index is 0.113. The molecule has 0 amide bonds. The summed E-state index contributed by atoms with van der Waals surface area (Å²) in [5, 5.41) is 0. The molecule has 27 heavy (non-hydrogen) atoms. The molecule has 0 fully saturated rings.